The zero-order valence-electron chi connectivity index (χ0n) is 11.0. The molecule has 19 heavy (non-hydrogen) atoms. The predicted molar refractivity (Wildman–Crippen MR) is 74.5 cm³/mol. The first-order chi connectivity index (χ1) is 9.28. The van der Waals surface area contributed by atoms with Crippen LogP contribution in [0.3, 0.4) is 0 Å². The Bertz CT molecular complexity index is 461. The van der Waals surface area contributed by atoms with Gasteiger partial charge in [-0.05, 0) is 31.7 Å². The first-order valence-electron chi connectivity index (χ1n) is 6.97. The molecular weight excluding hydrogens is 260 g/mol. The van der Waals surface area contributed by atoms with E-state index in [0.29, 0.717) is 5.01 Å². The van der Waals surface area contributed by atoms with Crippen molar-refractivity contribution in [2.75, 3.05) is 6.54 Å². The van der Waals surface area contributed by atoms with Crippen molar-refractivity contribution in [3.05, 3.63) is 16.1 Å². The van der Waals surface area contributed by atoms with E-state index in [2.05, 4.69) is 15.3 Å². The van der Waals surface area contributed by atoms with Gasteiger partial charge in [0.15, 0.2) is 5.01 Å². The molecule has 2 aliphatic rings. The summed E-state index contributed by atoms with van der Waals surface area (Å²) in [5.74, 6) is 5.71. The number of carbonyl (C=O) groups excluding carboxylic acids is 1. The molecule has 1 aromatic heterocycles. The fourth-order valence-corrected chi connectivity index (χ4v) is 4.16. The second kappa shape index (κ2) is 5.56. The molecule has 104 valence electrons. The Kier molecular flexibility index (Phi) is 3.81. The highest BCUT2D eigenvalue weighted by molar-refractivity contribution is 7.11. The van der Waals surface area contributed by atoms with Gasteiger partial charge in [-0.2, -0.15) is 0 Å². The van der Waals surface area contributed by atoms with Crippen LogP contribution in [0.5, 0.6) is 0 Å². The molecular formula is C13H20N4OS. The number of likely N-dealkylation sites (tertiary alicyclic amines) is 1. The SMILES string of the molecule is NNC(=O)c1nc(CN2CCC3CCCCC32)cs1. The Morgan fingerprint density at radius 2 is 2.32 bits per heavy atom. The van der Waals surface area contributed by atoms with E-state index in [9.17, 15) is 4.79 Å². The molecule has 3 rings (SSSR count). The molecule has 2 unspecified atom stereocenters. The lowest BCUT2D eigenvalue weighted by Crippen LogP contribution is -2.34. The number of nitrogens with one attached hydrogen (secondary N) is 1. The number of thiazole rings is 1. The molecule has 1 aromatic rings. The van der Waals surface area contributed by atoms with Crippen molar-refractivity contribution in [1.82, 2.24) is 15.3 Å². The summed E-state index contributed by atoms with van der Waals surface area (Å²) in [5, 5.41) is 2.43. The largest absolute Gasteiger partial charge is 0.294 e. The average Bonchev–Trinajstić information content (AvgIpc) is 3.06. The predicted octanol–water partition coefficient (Wildman–Crippen LogP) is 1.51. The third-order valence-corrected chi connectivity index (χ3v) is 5.26. The van der Waals surface area contributed by atoms with E-state index in [0.717, 1.165) is 24.2 Å². The number of nitrogens with zero attached hydrogens (tertiary/aromatic N) is 2. The monoisotopic (exact) mass is 280 g/mol. The first kappa shape index (κ1) is 13.0. The Labute approximate surface area is 117 Å². The molecule has 0 spiro atoms. The van der Waals surface area contributed by atoms with Crippen molar-refractivity contribution in [2.24, 2.45) is 11.8 Å². The summed E-state index contributed by atoms with van der Waals surface area (Å²) in [5.41, 5.74) is 3.12. The maximum atomic E-state index is 11.4. The lowest BCUT2D eigenvalue weighted by molar-refractivity contribution is 0.0952. The highest BCUT2D eigenvalue weighted by atomic mass is 32.1. The lowest BCUT2D eigenvalue weighted by Gasteiger charge is -2.31. The van der Waals surface area contributed by atoms with Gasteiger partial charge in [-0.3, -0.25) is 15.1 Å². The normalized spacial score (nSPS) is 27.2. The van der Waals surface area contributed by atoms with Crippen LogP contribution in [0.2, 0.25) is 0 Å². The Morgan fingerprint density at radius 1 is 1.47 bits per heavy atom. The number of nitrogens with two attached hydrogens (primary N) is 1. The summed E-state index contributed by atoms with van der Waals surface area (Å²) in [7, 11) is 0. The van der Waals surface area contributed by atoms with Gasteiger partial charge in [0.2, 0.25) is 0 Å². The van der Waals surface area contributed by atoms with Crippen molar-refractivity contribution in [2.45, 2.75) is 44.7 Å². The Balaban J connectivity index is 1.65. The van der Waals surface area contributed by atoms with Gasteiger partial charge in [0.05, 0.1) is 5.69 Å². The lowest BCUT2D eigenvalue weighted by atomic mass is 9.85. The van der Waals surface area contributed by atoms with Gasteiger partial charge in [-0.15, -0.1) is 11.3 Å². The maximum Gasteiger partial charge on any atom is 0.294 e. The van der Waals surface area contributed by atoms with E-state index in [4.69, 9.17) is 5.84 Å². The van der Waals surface area contributed by atoms with Gasteiger partial charge in [0.25, 0.3) is 5.91 Å². The van der Waals surface area contributed by atoms with Crippen molar-refractivity contribution in [3.63, 3.8) is 0 Å². The molecule has 6 heteroatoms. The van der Waals surface area contributed by atoms with Crippen LogP contribution < -0.4 is 11.3 Å². The van der Waals surface area contributed by atoms with Crippen molar-refractivity contribution in [1.29, 1.82) is 0 Å². The topological polar surface area (TPSA) is 71.2 Å². The second-order valence-corrected chi connectivity index (χ2v) is 6.35. The Hall–Kier alpha value is -0.980. The van der Waals surface area contributed by atoms with Gasteiger partial charge in [0, 0.05) is 18.0 Å². The molecule has 0 radical (unpaired) electrons. The molecule has 0 bridgehead atoms. The summed E-state index contributed by atoms with van der Waals surface area (Å²) < 4.78 is 0. The minimum Gasteiger partial charge on any atom is -0.294 e. The number of fused-ring (bicyclic) bond motifs is 1. The fourth-order valence-electron chi connectivity index (χ4n) is 3.45. The minimum atomic E-state index is -0.298. The summed E-state index contributed by atoms with van der Waals surface area (Å²) in [6, 6.07) is 0.738. The molecule has 0 aromatic carbocycles. The van der Waals surface area contributed by atoms with Gasteiger partial charge in [0.1, 0.15) is 0 Å². The van der Waals surface area contributed by atoms with E-state index in [1.54, 1.807) is 0 Å². The molecule has 2 fully saturated rings. The van der Waals surface area contributed by atoms with Crippen LogP contribution in [0, 0.1) is 5.92 Å². The molecule has 1 aliphatic heterocycles. The van der Waals surface area contributed by atoms with Crippen LogP contribution in [0.25, 0.3) is 0 Å². The van der Waals surface area contributed by atoms with Crippen LogP contribution in [-0.4, -0.2) is 28.4 Å². The van der Waals surface area contributed by atoms with Gasteiger partial charge in [-0.1, -0.05) is 12.8 Å². The van der Waals surface area contributed by atoms with E-state index >= 15 is 0 Å². The molecule has 2 atom stereocenters. The van der Waals surface area contributed by atoms with E-state index in [1.807, 2.05) is 5.38 Å². The first-order valence-corrected chi connectivity index (χ1v) is 7.85. The van der Waals surface area contributed by atoms with Crippen LogP contribution in [-0.2, 0) is 6.54 Å². The zero-order chi connectivity index (χ0) is 13.2. The molecule has 1 amide bonds. The standard InChI is InChI=1S/C13H20N4OS/c14-16-12(18)13-15-10(8-19-13)7-17-6-5-9-3-1-2-4-11(9)17/h8-9,11H,1-7,14H2,(H,16,18). The summed E-state index contributed by atoms with van der Waals surface area (Å²) in [6.07, 6.45) is 6.79. The average molecular weight is 280 g/mol. The van der Waals surface area contributed by atoms with E-state index in [-0.39, 0.29) is 5.91 Å². The third-order valence-electron chi connectivity index (χ3n) is 4.37. The third kappa shape index (κ3) is 2.66. The highest BCUT2D eigenvalue weighted by Gasteiger charge is 2.35. The summed E-state index contributed by atoms with van der Waals surface area (Å²) >= 11 is 1.37. The summed E-state index contributed by atoms with van der Waals surface area (Å²) in [6.45, 7) is 2.04. The van der Waals surface area contributed by atoms with Gasteiger partial charge in [-0.25, -0.2) is 10.8 Å². The van der Waals surface area contributed by atoms with Crippen LogP contribution >= 0.6 is 11.3 Å². The van der Waals surface area contributed by atoms with Gasteiger partial charge >= 0.3 is 0 Å². The summed E-state index contributed by atoms with van der Waals surface area (Å²) in [4.78, 5) is 18.3. The number of rotatable bonds is 3. The zero-order valence-corrected chi connectivity index (χ0v) is 11.8. The molecule has 3 N–H and O–H groups in total. The maximum absolute atomic E-state index is 11.4. The Morgan fingerprint density at radius 3 is 3.16 bits per heavy atom. The molecule has 1 saturated heterocycles. The van der Waals surface area contributed by atoms with E-state index in [1.165, 1.54) is 50.0 Å². The smallest absolute Gasteiger partial charge is 0.294 e. The minimum absolute atomic E-state index is 0.298. The number of hydrogen-bond donors (Lipinski definition) is 2. The number of amides is 1. The van der Waals surface area contributed by atoms with E-state index < -0.39 is 0 Å². The molecule has 2 heterocycles. The number of carbonyl (C=O) groups is 1. The van der Waals surface area contributed by atoms with Crippen LogP contribution in [0.1, 0.15) is 47.6 Å². The number of hydrazine groups is 1. The van der Waals surface area contributed by atoms with Crippen LogP contribution in [0.15, 0.2) is 5.38 Å². The van der Waals surface area contributed by atoms with Crippen LogP contribution in [0.4, 0.5) is 0 Å². The number of nitrogen functional groups attached to an aromatic ring is 1. The molecule has 5 nitrogen and oxygen atoms in total. The van der Waals surface area contributed by atoms with Crippen molar-refractivity contribution < 1.29 is 4.79 Å². The second-order valence-electron chi connectivity index (χ2n) is 5.49. The van der Waals surface area contributed by atoms with Crippen molar-refractivity contribution in [3.8, 4) is 0 Å². The fraction of sp³-hybridized carbons (Fsp3) is 0.692. The van der Waals surface area contributed by atoms with Crippen molar-refractivity contribution >= 4 is 17.2 Å². The quantitative estimate of drug-likeness (QED) is 0.500. The molecule has 1 saturated carbocycles. The van der Waals surface area contributed by atoms with Gasteiger partial charge < -0.3 is 0 Å². The number of hydrogen-bond acceptors (Lipinski definition) is 5. The molecule has 1 aliphatic carbocycles. The highest BCUT2D eigenvalue weighted by Crippen LogP contribution is 2.36. The number of aromatic nitrogens is 1.